The van der Waals surface area contributed by atoms with Crippen LogP contribution in [0.3, 0.4) is 0 Å². The van der Waals surface area contributed by atoms with Crippen molar-refractivity contribution in [1.29, 1.82) is 0 Å². The van der Waals surface area contributed by atoms with Crippen LogP contribution in [0.4, 0.5) is 4.79 Å². The predicted molar refractivity (Wildman–Crippen MR) is 112 cm³/mol. The summed E-state index contributed by atoms with van der Waals surface area (Å²) in [5.74, 6) is 0.229. The van der Waals surface area contributed by atoms with Crippen LogP contribution in [0.2, 0.25) is 0 Å². The fourth-order valence-electron chi connectivity index (χ4n) is 5.88. The van der Waals surface area contributed by atoms with Gasteiger partial charge in [0, 0.05) is 31.6 Å². The van der Waals surface area contributed by atoms with Crippen molar-refractivity contribution >= 4 is 11.9 Å². The van der Waals surface area contributed by atoms with E-state index in [0.717, 1.165) is 25.7 Å². The van der Waals surface area contributed by atoms with Crippen molar-refractivity contribution < 1.29 is 14.7 Å². The first-order chi connectivity index (χ1) is 13.2. The van der Waals surface area contributed by atoms with Crippen LogP contribution in [0.5, 0.6) is 0 Å². The number of rotatable bonds is 6. The highest BCUT2D eigenvalue weighted by atomic mass is 16.3. The lowest BCUT2D eigenvalue weighted by Gasteiger charge is -2.56. The molecule has 0 radical (unpaired) electrons. The van der Waals surface area contributed by atoms with Crippen molar-refractivity contribution in [3.63, 3.8) is 0 Å². The van der Waals surface area contributed by atoms with Gasteiger partial charge in [-0.05, 0) is 69.6 Å². The van der Waals surface area contributed by atoms with Crippen LogP contribution in [-0.2, 0) is 4.79 Å². The van der Waals surface area contributed by atoms with Crippen LogP contribution in [0.1, 0.15) is 67.2 Å². The summed E-state index contributed by atoms with van der Waals surface area (Å²) < 4.78 is 0. The number of carbonyl (C=O) groups excluding carboxylic acids is 2. The predicted octanol–water partition coefficient (Wildman–Crippen LogP) is 3.00. The highest BCUT2D eigenvalue weighted by Gasteiger charge is 2.54. The second-order valence-corrected chi connectivity index (χ2v) is 9.18. The van der Waals surface area contributed by atoms with Crippen LogP contribution in [0.15, 0.2) is 0 Å². The molecule has 7 atom stereocenters. The minimum Gasteiger partial charge on any atom is -0.392 e. The minimum atomic E-state index is -0.512. The largest absolute Gasteiger partial charge is 0.392 e. The van der Waals surface area contributed by atoms with Crippen molar-refractivity contribution in [2.75, 3.05) is 19.6 Å². The summed E-state index contributed by atoms with van der Waals surface area (Å²) in [6, 6.07) is -0.0679. The molecule has 2 aliphatic carbocycles. The number of nitrogens with one attached hydrogen (secondary N) is 2. The van der Waals surface area contributed by atoms with Gasteiger partial charge in [-0.1, -0.05) is 20.8 Å². The molecule has 3 N–H and O–H groups in total. The Labute approximate surface area is 170 Å². The zero-order valence-electron chi connectivity index (χ0n) is 18.6. The van der Waals surface area contributed by atoms with Gasteiger partial charge in [0.2, 0.25) is 5.91 Å². The fourth-order valence-corrected chi connectivity index (χ4v) is 5.88. The van der Waals surface area contributed by atoms with Crippen molar-refractivity contribution in [2.24, 2.45) is 29.1 Å². The number of aliphatic hydroxyl groups is 1. The molecular formula is C22H41N3O3. The number of amides is 3. The molecule has 0 saturated heterocycles. The maximum atomic E-state index is 12.9. The zero-order valence-corrected chi connectivity index (χ0v) is 18.6. The van der Waals surface area contributed by atoms with Gasteiger partial charge in [0.25, 0.3) is 0 Å². The normalized spacial score (nSPS) is 36.2. The van der Waals surface area contributed by atoms with Crippen LogP contribution in [0.25, 0.3) is 0 Å². The number of urea groups is 1. The van der Waals surface area contributed by atoms with E-state index in [1.807, 2.05) is 32.6 Å². The average Bonchev–Trinajstić information content (AvgIpc) is 2.65. The summed E-state index contributed by atoms with van der Waals surface area (Å²) >= 11 is 0. The molecule has 0 heterocycles. The molecule has 2 fully saturated rings. The summed E-state index contributed by atoms with van der Waals surface area (Å²) in [6.45, 7) is 14.3. The van der Waals surface area contributed by atoms with Crippen molar-refractivity contribution in [1.82, 2.24) is 15.5 Å². The van der Waals surface area contributed by atoms with Gasteiger partial charge in [0.1, 0.15) is 0 Å². The van der Waals surface area contributed by atoms with E-state index in [4.69, 9.17) is 0 Å². The van der Waals surface area contributed by atoms with E-state index in [1.54, 1.807) is 0 Å². The molecule has 0 aliphatic heterocycles. The summed E-state index contributed by atoms with van der Waals surface area (Å²) in [5, 5.41) is 17.3. The van der Waals surface area contributed by atoms with Gasteiger partial charge in [0.05, 0.1) is 6.10 Å². The smallest absolute Gasteiger partial charge is 0.315 e. The number of hydrogen-bond donors (Lipinski definition) is 3. The number of fused-ring (bicyclic) bond motifs is 1. The Morgan fingerprint density at radius 1 is 1.18 bits per heavy atom. The van der Waals surface area contributed by atoms with Gasteiger partial charge in [-0.25, -0.2) is 4.79 Å². The Morgan fingerprint density at radius 2 is 1.79 bits per heavy atom. The molecule has 2 saturated carbocycles. The van der Waals surface area contributed by atoms with E-state index in [2.05, 4.69) is 24.5 Å². The monoisotopic (exact) mass is 395 g/mol. The van der Waals surface area contributed by atoms with Crippen LogP contribution < -0.4 is 10.6 Å². The lowest BCUT2D eigenvalue weighted by molar-refractivity contribution is -0.149. The van der Waals surface area contributed by atoms with E-state index in [0.29, 0.717) is 19.6 Å². The van der Waals surface area contributed by atoms with E-state index < -0.39 is 6.10 Å². The Balaban J connectivity index is 2.16. The van der Waals surface area contributed by atoms with Gasteiger partial charge < -0.3 is 20.6 Å². The molecule has 0 aromatic heterocycles. The third kappa shape index (κ3) is 4.47. The van der Waals surface area contributed by atoms with E-state index >= 15 is 0 Å². The quantitative estimate of drug-likeness (QED) is 0.647. The minimum absolute atomic E-state index is 0.0168. The molecule has 7 unspecified atom stereocenters. The Bertz CT molecular complexity index is 551. The molecule has 0 aromatic rings. The fraction of sp³-hybridized carbons (Fsp3) is 0.909. The van der Waals surface area contributed by atoms with Gasteiger partial charge in [-0.2, -0.15) is 0 Å². The van der Waals surface area contributed by atoms with E-state index in [9.17, 15) is 14.7 Å². The lowest BCUT2D eigenvalue weighted by atomic mass is 9.51. The van der Waals surface area contributed by atoms with Crippen LogP contribution in [0, 0.1) is 29.1 Å². The first-order valence-electron chi connectivity index (χ1n) is 11.2. The van der Waals surface area contributed by atoms with Crippen molar-refractivity contribution in [3.05, 3.63) is 0 Å². The van der Waals surface area contributed by atoms with Gasteiger partial charge in [-0.15, -0.1) is 0 Å². The third-order valence-electron chi connectivity index (χ3n) is 7.65. The number of hydrogen-bond acceptors (Lipinski definition) is 3. The van der Waals surface area contributed by atoms with Gasteiger partial charge in [-0.3, -0.25) is 4.79 Å². The van der Waals surface area contributed by atoms with Crippen LogP contribution >= 0.6 is 0 Å². The maximum absolute atomic E-state index is 12.9. The van der Waals surface area contributed by atoms with Crippen LogP contribution in [-0.4, -0.2) is 53.7 Å². The standard InChI is InChI=1S/C22H41N3O3/c1-7-23-21(28)24-17-11-13-22(6)12-10-16(19(26)18(22)15(17)5)14(4)20(27)25(8-2)9-3/h14-19,26H,7-13H2,1-6H3,(H2,23,24,28). The SMILES string of the molecule is CCNC(=O)NC1CCC2(C)CCC(C(C)C(=O)N(CC)CC)C(O)C2C1C. The molecule has 28 heavy (non-hydrogen) atoms. The molecule has 3 amide bonds. The second kappa shape index (κ2) is 9.47. The first kappa shape index (κ1) is 23.0. The summed E-state index contributed by atoms with van der Waals surface area (Å²) in [7, 11) is 0. The molecule has 2 aliphatic rings. The molecular weight excluding hydrogens is 354 g/mol. The molecule has 6 nitrogen and oxygen atoms in total. The van der Waals surface area contributed by atoms with Crippen molar-refractivity contribution in [2.45, 2.75) is 79.4 Å². The summed E-state index contributed by atoms with van der Waals surface area (Å²) in [4.78, 5) is 26.8. The van der Waals surface area contributed by atoms with Gasteiger partial charge in [0.15, 0.2) is 0 Å². The molecule has 2 rings (SSSR count). The van der Waals surface area contributed by atoms with E-state index in [1.165, 1.54) is 0 Å². The maximum Gasteiger partial charge on any atom is 0.315 e. The molecule has 0 bridgehead atoms. The highest BCUT2D eigenvalue weighted by molar-refractivity contribution is 5.78. The van der Waals surface area contributed by atoms with Crippen molar-refractivity contribution in [3.8, 4) is 0 Å². The summed E-state index contributed by atoms with van der Waals surface area (Å²) in [6.07, 6.45) is 3.36. The number of aliphatic hydroxyl groups excluding tert-OH is 1. The molecule has 0 spiro atoms. The summed E-state index contributed by atoms with van der Waals surface area (Å²) in [5.41, 5.74) is 0.0761. The second-order valence-electron chi connectivity index (χ2n) is 9.18. The Kier molecular flexibility index (Phi) is 7.77. The molecule has 6 heteroatoms. The lowest BCUT2D eigenvalue weighted by Crippen LogP contribution is -2.59. The molecule has 0 aromatic carbocycles. The average molecular weight is 396 g/mol. The van der Waals surface area contributed by atoms with E-state index in [-0.39, 0.29) is 47.1 Å². The zero-order chi connectivity index (χ0) is 21.1. The van der Waals surface area contributed by atoms with Gasteiger partial charge >= 0.3 is 6.03 Å². The Morgan fingerprint density at radius 3 is 2.36 bits per heavy atom. The topological polar surface area (TPSA) is 81.7 Å². The highest BCUT2D eigenvalue weighted by Crippen LogP contribution is 2.55. The first-order valence-corrected chi connectivity index (χ1v) is 11.2. The Hall–Kier alpha value is -1.30. The third-order valence-corrected chi connectivity index (χ3v) is 7.65. The number of carbonyl (C=O) groups is 2. The molecule has 162 valence electrons. The number of nitrogens with zero attached hydrogens (tertiary/aromatic N) is 1.